The lowest BCUT2D eigenvalue weighted by molar-refractivity contribution is 0.114. The third-order valence-corrected chi connectivity index (χ3v) is 3.93. The molecule has 0 amide bonds. The normalized spacial score (nSPS) is 18.8. The van der Waals surface area contributed by atoms with Gasteiger partial charge in [-0.2, -0.15) is 0 Å². The third-order valence-electron chi connectivity index (χ3n) is 3.93. The van der Waals surface area contributed by atoms with Gasteiger partial charge >= 0.3 is 0 Å². The van der Waals surface area contributed by atoms with Gasteiger partial charge in [-0.1, -0.05) is 23.8 Å². The Hall–Kier alpha value is -1.55. The van der Waals surface area contributed by atoms with Gasteiger partial charge in [-0.15, -0.1) is 0 Å². The molecule has 1 heterocycles. The average Bonchev–Trinajstić information content (AvgIpc) is 2.98. The van der Waals surface area contributed by atoms with Crippen LogP contribution in [0.25, 0.3) is 0 Å². The Bertz CT molecular complexity index is 479. The number of hydrogen-bond acceptors (Lipinski definition) is 2. The second-order valence-electron chi connectivity index (χ2n) is 5.69. The molecule has 4 nitrogen and oxygen atoms in total. The summed E-state index contributed by atoms with van der Waals surface area (Å²) in [5.41, 5.74) is 4.07. The van der Waals surface area contributed by atoms with E-state index < -0.39 is 0 Å². The fraction of sp³-hybridized carbons (Fsp3) is 0.588. The van der Waals surface area contributed by atoms with E-state index in [0.717, 1.165) is 38.5 Å². The highest BCUT2D eigenvalue weighted by molar-refractivity contribution is 5.79. The maximum absolute atomic E-state index is 5.60. The molecule has 1 fully saturated rings. The second kappa shape index (κ2) is 8.03. The zero-order valence-electron chi connectivity index (χ0n) is 13.4. The Morgan fingerprint density at radius 2 is 2.19 bits per heavy atom. The smallest absolute Gasteiger partial charge is 0.191 e. The van der Waals surface area contributed by atoms with Crippen LogP contribution in [0.2, 0.25) is 0 Å². The molecule has 0 bridgehead atoms. The minimum Gasteiger partial charge on any atom is -0.376 e. The molecule has 1 atom stereocenters. The van der Waals surface area contributed by atoms with Crippen molar-refractivity contribution in [2.24, 2.45) is 4.99 Å². The zero-order chi connectivity index (χ0) is 15.1. The van der Waals surface area contributed by atoms with Gasteiger partial charge in [0.1, 0.15) is 0 Å². The van der Waals surface area contributed by atoms with Crippen LogP contribution in [0.1, 0.15) is 29.5 Å². The number of nitrogens with one attached hydrogen (secondary N) is 2. The molecule has 1 aliphatic rings. The molecular formula is C17H27N3O. The van der Waals surface area contributed by atoms with E-state index in [2.05, 4.69) is 47.7 Å². The van der Waals surface area contributed by atoms with Crippen molar-refractivity contribution in [3.63, 3.8) is 0 Å². The maximum Gasteiger partial charge on any atom is 0.191 e. The number of hydrogen-bond donors (Lipinski definition) is 2. The van der Waals surface area contributed by atoms with E-state index >= 15 is 0 Å². The van der Waals surface area contributed by atoms with Crippen molar-refractivity contribution in [3.8, 4) is 0 Å². The van der Waals surface area contributed by atoms with Crippen LogP contribution >= 0.6 is 0 Å². The van der Waals surface area contributed by atoms with Crippen LogP contribution in [0.4, 0.5) is 0 Å². The fourth-order valence-corrected chi connectivity index (χ4v) is 2.68. The minimum atomic E-state index is 0.336. The maximum atomic E-state index is 5.60. The molecule has 21 heavy (non-hydrogen) atoms. The Morgan fingerprint density at radius 3 is 2.86 bits per heavy atom. The van der Waals surface area contributed by atoms with Gasteiger partial charge in [0.25, 0.3) is 0 Å². The molecule has 116 valence electrons. The van der Waals surface area contributed by atoms with Crippen LogP contribution in [0.15, 0.2) is 23.2 Å². The minimum absolute atomic E-state index is 0.336. The topological polar surface area (TPSA) is 45.7 Å². The summed E-state index contributed by atoms with van der Waals surface area (Å²) < 4.78 is 5.60. The van der Waals surface area contributed by atoms with Gasteiger partial charge in [0.05, 0.1) is 6.10 Å². The van der Waals surface area contributed by atoms with Crippen molar-refractivity contribution in [3.05, 3.63) is 34.9 Å². The summed E-state index contributed by atoms with van der Waals surface area (Å²) in [5, 5.41) is 6.70. The van der Waals surface area contributed by atoms with Crippen LogP contribution in [-0.2, 0) is 11.2 Å². The Balaban J connectivity index is 1.72. The Labute approximate surface area is 128 Å². The van der Waals surface area contributed by atoms with Crippen molar-refractivity contribution in [1.29, 1.82) is 0 Å². The Kier molecular flexibility index (Phi) is 6.05. The summed E-state index contributed by atoms with van der Waals surface area (Å²) in [5.74, 6) is 0.857. The first-order chi connectivity index (χ1) is 10.2. The molecule has 1 unspecified atom stereocenters. The summed E-state index contributed by atoms with van der Waals surface area (Å²) in [6.45, 7) is 6.92. The van der Waals surface area contributed by atoms with Crippen LogP contribution in [0, 0.1) is 13.8 Å². The average molecular weight is 289 g/mol. The summed E-state index contributed by atoms with van der Waals surface area (Å²) in [7, 11) is 1.81. The van der Waals surface area contributed by atoms with Gasteiger partial charge in [-0.3, -0.25) is 4.99 Å². The largest absolute Gasteiger partial charge is 0.376 e. The molecule has 1 saturated heterocycles. The molecular weight excluding hydrogens is 262 g/mol. The molecule has 1 aromatic carbocycles. The third kappa shape index (κ3) is 5.05. The first kappa shape index (κ1) is 15.8. The fourth-order valence-electron chi connectivity index (χ4n) is 2.68. The van der Waals surface area contributed by atoms with Crippen molar-refractivity contribution in [1.82, 2.24) is 10.6 Å². The standard InChI is InChI=1S/C17H27N3O/c1-13-6-7-15(14(2)11-13)8-9-19-17(18-3)20-12-16-5-4-10-21-16/h6-7,11,16H,4-5,8-10,12H2,1-3H3,(H2,18,19,20). The molecule has 2 rings (SSSR count). The zero-order valence-corrected chi connectivity index (χ0v) is 13.4. The summed E-state index contributed by atoms with van der Waals surface area (Å²) in [6, 6.07) is 6.63. The number of nitrogens with zero attached hydrogens (tertiary/aromatic N) is 1. The first-order valence-corrected chi connectivity index (χ1v) is 7.81. The first-order valence-electron chi connectivity index (χ1n) is 7.81. The summed E-state index contributed by atoms with van der Waals surface area (Å²) >= 11 is 0. The van der Waals surface area contributed by atoms with E-state index in [0.29, 0.717) is 6.10 Å². The predicted octanol–water partition coefficient (Wildman–Crippen LogP) is 2.19. The monoisotopic (exact) mass is 289 g/mol. The number of guanidine groups is 1. The lowest BCUT2D eigenvalue weighted by Crippen LogP contribution is -2.41. The van der Waals surface area contributed by atoms with E-state index in [1.165, 1.54) is 23.1 Å². The van der Waals surface area contributed by atoms with Gasteiger partial charge in [0.15, 0.2) is 5.96 Å². The summed E-state index contributed by atoms with van der Waals surface area (Å²) in [4.78, 5) is 4.26. The van der Waals surface area contributed by atoms with Gasteiger partial charge in [-0.25, -0.2) is 0 Å². The number of ether oxygens (including phenoxy) is 1. The SMILES string of the molecule is CN=C(NCCc1ccc(C)cc1C)NCC1CCCO1. The quantitative estimate of drug-likeness (QED) is 0.645. The molecule has 0 aromatic heterocycles. The van der Waals surface area contributed by atoms with Crippen LogP contribution < -0.4 is 10.6 Å². The van der Waals surface area contributed by atoms with Gasteiger partial charge in [0.2, 0.25) is 0 Å². The highest BCUT2D eigenvalue weighted by Gasteiger charge is 2.15. The molecule has 0 aliphatic carbocycles. The highest BCUT2D eigenvalue weighted by Crippen LogP contribution is 2.11. The van der Waals surface area contributed by atoms with E-state index in [1.807, 2.05) is 7.05 Å². The second-order valence-corrected chi connectivity index (χ2v) is 5.69. The summed E-state index contributed by atoms with van der Waals surface area (Å²) in [6.07, 6.45) is 3.66. The predicted molar refractivity (Wildman–Crippen MR) is 88.0 cm³/mol. The molecule has 2 N–H and O–H groups in total. The number of rotatable bonds is 5. The molecule has 0 spiro atoms. The van der Waals surface area contributed by atoms with E-state index in [-0.39, 0.29) is 0 Å². The molecule has 1 aromatic rings. The lowest BCUT2D eigenvalue weighted by Gasteiger charge is -2.15. The Morgan fingerprint density at radius 1 is 1.33 bits per heavy atom. The number of aliphatic imine (C=N–C) groups is 1. The van der Waals surface area contributed by atoms with Gasteiger partial charge < -0.3 is 15.4 Å². The van der Waals surface area contributed by atoms with E-state index in [4.69, 9.17) is 4.74 Å². The van der Waals surface area contributed by atoms with Crippen molar-refractivity contribution in [2.75, 3.05) is 26.7 Å². The molecule has 1 aliphatic heterocycles. The van der Waals surface area contributed by atoms with E-state index in [1.54, 1.807) is 0 Å². The number of aryl methyl sites for hydroxylation is 2. The van der Waals surface area contributed by atoms with Crippen LogP contribution in [0.3, 0.4) is 0 Å². The van der Waals surface area contributed by atoms with Crippen molar-refractivity contribution >= 4 is 5.96 Å². The van der Waals surface area contributed by atoms with Gasteiger partial charge in [-0.05, 0) is 44.2 Å². The lowest BCUT2D eigenvalue weighted by atomic mass is 10.0. The molecule has 0 saturated carbocycles. The van der Waals surface area contributed by atoms with Crippen molar-refractivity contribution in [2.45, 2.75) is 39.2 Å². The number of benzene rings is 1. The molecule has 4 heteroatoms. The highest BCUT2D eigenvalue weighted by atomic mass is 16.5. The van der Waals surface area contributed by atoms with E-state index in [9.17, 15) is 0 Å². The van der Waals surface area contributed by atoms with Crippen LogP contribution in [-0.4, -0.2) is 38.8 Å². The van der Waals surface area contributed by atoms with Gasteiger partial charge in [0, 0.05) is 26.7 Å². The molecule has 0 radical (unpaired) electrons. The van der Waals surface area contributed by atoms with Crippen LogP contribution in [0.5, 0.6) is 0 Å². The van der Waals surface area contributed by atoms with Crippen molar-refractivity contribution < 1.29 is 4.74 Å².